The van der Waals surface area contributed by atoms with Crippen LogP contribution in [0.25, 0.3) is 0 Å². The Hall–Kier alpha value is -1.65. The maximum absolute atomic E-state index is 5.64. The first-order chi connectivity index (χ1) is 6.11. The highest BCUT2D eigenvalue weighted by molar-refractivity contribution is 5.99. The lowest BCUT2D eigenvalue weighted by Crippen LogP contribution is -2.13. The number of aromatic nitrogens is 2. The van der Waals surface area contributed by atoms with E-state index in [9.17, 15) is 0 Å². The Morgan fingerprint density at radius 1 is 1.62 bits per heavy atom. The lowest BCUT2D eigenvalue weighted by molar-refractivity contribution is 0.859. The standard InChI is InChI=1S/C8H13N5/c1-5-12-6(7(9)10-2)8(11-3)13(5)4/h3H2,1-2,4H3,(H2,9,10). The van der Waals surface area contributed by atoms with Crippen LogP contribution in [0, 0.1) is 6.92 Å². The lowest BCUT2D eigenvalue weighted by Gasteiger charge is -1.98. The molecule has 70 valence electrons. The van der Waals surface area contributed by atoms with Crippen LogP contribution < -0.4 is 5.73 Å². The summed E-state index contributed by atoms with van der Waals surface area (Å²) >= 11 is 0. The number of aryl methyl sites for hydroxylation is 1. The van der Waals surface area contributed by atoms with Crippen molar-refractivity contribution < 1.29 is 0 Å². The molecule has 1 aromatic heterocycles. The number of imidazole rings is 1. The predicted octanol–water partition coefficient (Wildman–Crippen LogP) is 0.396. The van der Waals surface area contributed by atoms with Gasteiger partial charge < -0.3 is 10.3 Å². The monoisotopic (exact) mass is 179 g/mol. The molecule has 0 aliphatic rings. The van der Waals surface area contributed by atoms with Gasteiger partial charge >= 0.3 is 0 Å². The largest absolute Gasteiger partial charge is 0.382 e. The fourth-order valence-corrected chi connectivity index (χ4v) is 1.06. The number of rotatable bonds is 2. The molecule has 0 fully saturated rings. The first-order valence-electron chi connectivity index (χ1n) is 3.84. The van der Waals surface area contributed by atoms with E-state index < -0.39 is 0 Å². The van der Waals surface area contributed by atoms with Crippen molar-refractivity contribution in [2.45, 2.75) is 6.92 Å². The molecule has 0 saturated heterocycles. The van der Waals surface area contributed by atoms with E-state index in [4.69, 9.17) is 5.73 Å². The summed E-state index contributed by atoms with van der Waals surface area (Å²) in [6.07, 6.45) is 0. The maximum Gasteiger partial charge on any atom is 0.162 e. The van der Waals surface area contributed by atoms with Gasteiger partial charge in [-0.25, -0.2) is 9.98 Å². The molecule has 0 spiro atoms. The third-order valence-corrected chi connectivity index (χ3v) is 1.92. The third kappa shape index (κ3) is 1.44. The van der Waals surface area contributed by atoms with E-state index in [0.29, 0.717) is 17.3 Å². The van der Waals surface area contributed by atoms with Crippen LogP contribution in [0.5, 0.6) is 0 Å². The molecule has 5 nitrogen and oxygen atoms in total. The molecule has 0 unspecified atom stereocenters. The van der Waals surface area contributed by atoms with Crippen LogP contribution in [0.3, 0.4) is 0 Å². The minimum Gasteiger partial charge on any atom is -0.382 e. The van der Waals surface area contributed by atoms with E-state index >= 15 is 0 Å². The Balaban J connectivity index is 3.37. The van der Waals surface area contributed by atoms with Crippen LogP contribution >= 0.6 is 0 Å². The van der Waals surface area contributed by atoms with Gasteiger partial charge in [0.15, 0.2) is 5.82 Å². The molecule has 0 aliphatic heterocycles. The Morgan fingerprint density at radius 3 is 2.69 bits per heavy atom. The Bertz CT molecular complexity index is 361. The molecular weight excluding hydrogens is 166 g/mol. The number of hydrogen-bond acceptors (Lipinski definition) is 3. The summed E-state index contributed by atoms with van der Waals surface area (Å²) in [7, 11) is 3.48. The van der Waals surface area contributed by atoms with E-state index in [1.807, 2.05) is 18.5 Å². The minimum absolute atomic E-state index is 0.381. The molecule has 0 radical (unpaired) electrons. The topological polar surface area (TPSA) is 68.6 Å². The molecule has 0 atom stereocenters. The van der Waals surface area contributed by atoms with Crippen LogP contribution in [0.15, 0.2) is 9.98 Å². The molecule has 0 amide bonds. The molecule has 0 bridgehead atoms. The van der Waals surface area contributed by atoms with Crippen molar-refractivity contribution in [3.05, 3.63) is 11.5 Å². The highest BCUT2D eigenvalue weighted by atomic mass is 15.1. The summed E-state index contributed by atoms with van der Waals surface area (Å²) in [5.74, 6) is 1.87. The summed E-state index contributed by atoms with van der Waals surface area (Å²) < 4.78 is 1.82. The van der Waals surface area contributed by atoms with Gasteiger partial charge in [0, 0.05) is 14.1 Å². The molecule has 2 N–H and O–H groups in total. The molecule has 0 aliphatic carbocycles. The molecular formula is C8H13N5. The first kappa shape index (κ1) is 9.44. The summed E-state index contributed by atoms with van der Waals surface area (Å²) in [4.78, 5) is 11.9. The van der Waals surface area contributed by atoms with E-state index in [1.54, 1.807) is 7.05 Å². The van der Waals surface area contributed by atoms with Gasteiger partial charge in [0.2, 0.25) is 0 Å². The van der Waals surface area contributed by atoms with Crippen LogP contribution in [0.4, 0.5) is 5.82 Å². The number of hydrogen-bond donors (Lipinski definition) is 1. The van der Waals surface area contributed by atoms with Crippen LogP contribution in [0.1, 0.15) is 11.5 Å². The Morgan fingerprint density at radius 2 is 2.23 bits per heavy atom. The van der Waals surface area contributed by atoms with Gasteiger partial charge in [-0.2, -0.15) is 0 Å². The second-order valence-corrected chi connectivity index (χ2v) is 2.66. The number of nitrogens with zero attached hydrogens (tertiary/aromatic N) is 4. The van der Waals surface area contributed by atoms with E-state index in [0.717, 1.165) is 5.82 Å². The second kappa shape index (κ2) is 3.38. The van der Waals surface area contributed by atoms with Crippen molar-refractivity contribution in [3.8, 4) is 0 Å². The second-order valence-electron chi connectivity index (χ2n) is 2.66. The van der Waals surface area contributed by atoms with E-state index in [-0.39, 0.29) is 0 Å². The molecule has 1 aromatic rings. The molecule has 1 heterocycles. The lowest BCUT2D eigenvalue weighted by atomic mass is 10.4. The average molecular weight is 179 g/mol. The van der Waals surface area contributed by atoms with Crippen molar-refractivity contribution in [2.24, 2.45) is 22.8 Å². The SMILES string of the molecule is C=Nc1c(C(N)=NC)nc(C)n1C. The average Bonchev–Trinajstić information content (AvgIpc) is 2.42. The highest BCUT2D eigenvalue weighted by Crippen LogP contribution is 2.18. The van der Waals surface area contributed by atoms with Crippen LogP contribution in [-0.4, -0.2) is 29.2 Å². The molecule has 5 heteroatoms. The Labute approximate surface area is 77.0 Å². The summed E-state index contributed by atoms with van der Waals surface area (Å²) in [6.45, 7) is 5.34. The fraction of sp³-hybridized carbons (Fsp3) is 0.375. The van der Waals surface area contributed by atoms with Gasteiger partial charge in [-0.1, -0.05) is 0 Å². The van der Waals surface area contributed by atoms with Crippen molar-refractivity contribution in [1.82, 2.24) is 9.55 Å². The van der Waals surface area contributed by atoms with E-state index in [2.05, 4.69) is 21.7 Å². The van der Waals surface area contributed by atoms with Crippen LogP contribution in [0.2, 0.25) is 0 Å². The van der Waals surface area contributed by atoms with Gasteiger partial charge in [-0.3, -0.25) is 4.99 Å². The summed E-state index contributed by atoms with van der Waals surface area (Å²) in [5, 5.41) is 0. The van der Waals surface area contributed by atoms with E-state index in [1.165, 1.54) is 0 Å². The minimum atomic E-state index is 0.381. The number of nitrogens with two attached hydrogens (primary N) is 1. The zero-order chi connectivity index (χ0) is 10.0. The summed E-state index contributed by atoms with van der Waals surface area (Å²) in [5.41, 5.74) is 6.23. The zero-order valence-corrected chi connectivity index (χ0v) is 8.07. The van der Waals surface area contributed by atoms with Gasteiger partial charge in [0.05, 0.1) is 0 Å². The van der Waals surface area contributed by atoms with Gasteiger partial charge in [0.1, 0.15) is 17.4 Å². The van der Waals surface area contributed by atoms with Gasteiger partial charge in [0.25, 0.3) is 0 Å². The maximum atomic E-state index is 5.64. The van der Waals surface area contributed by atoms with Crippen molar-refractivity contribution in [2.75, 3.05) is 7.05 Å². The quantitative estimate of drug-likeness (QED) is 0.527. The van der Waals surface area contributed by atoms with Crippen LogP contribution in [-0.2, 0) is 7.05 Å². The molecule has 0 saturated carbocycles. The highest BCUT2D eigenvalue weighted by Gasteiger charge is 2.13. The fourth-order valence-electron chi connectivity index (χ4n) is 1.06. The normalized spacial score (nSPS) is 11.8. The third-order valence-electron chi connectivity index (χ3n) is 1.92. The predicted molar refractivity (Wildman–Crippen MR) is 53.8 cm³/mol. The van der Waals surface area contributed by atoms with Crippen molar-refractivity contribution >= 4 is 18.4 Å². The number of amidine groups is 1. The molecule has 0 aromatic carbocycles. The van der Waals surface area contributed by atoms with Gasteiger partial charge in [-0.05, 0) is 13.6 Å². The summed E-state index contributed by atoms with van der Waals surface area (Å²) in [6, 6.07) is 0. The molecule has 13 heavy (non-hydrogen) atoms. The van der Waals surface area contributed by atoms with Gasteiger partial charge in [-0.15, -0.1) is 0 Å². The zero-order valence-electron chi connectivity index (χ0n) is 8.07. The number of aliphatic imine (C=N–C) groups is 2. The van der Waals surface area contributed by atoms with Crippen molar-refractivity contribution in [1.29, 1.82) is 0 Å². The smallest absolute Gasteiger partial charge is 0.162 e. The first-order valence-corrected chi connectivity index (χ1v) is 3.84. The Kier molecular flexibility index (Phi) is 2.46. The molecule has 1 rings (SSSR count). The van der Waals surface area contributed by atoms with Crippen molar-refractivity contribution in [3.63, 3.8) is 0 Å².